The van der Waals surface area contributed by atoms with E-state index in [1.165, 1.54) is 36.3 Å². The maximum atomic E-state index is 12.6. The molecule has 0 fully saturated rings. The number of nitrogens with zero attached hydrogens (tertiary/aromatic N) is 2. The molecular formula is C20H22N4O6S. The molecule has 1 aromatic heterocycles. The van der Waals surface area contributed by atoms with Crippen LogP contribution in [0.15, 0.2) is 64.8 Å². The van der Waals surface area contributed by atoms with Gasteiger partial charge in [0, 0.05) is 18.4 Å². The van der Waals surface area contributed by atoms with Crippen LogP contribution in [-0.4, -0.2) is 62.1 Å². The second kappa shape index (κ2) is 9.69. The number of β-amino-alcohol motifs (C(OH)–C–C–N with tert-alkyl or cyclic N) is 1. The lowest BCUT2D eigenvalue weighted by atomic mass is 10.2. The number of nitrogens with one attached hydrogen (secondary N) is 2. The predicted molar refractivity (Wildman–Crippen MR) is 111 cm³/mol. The zero-order chi connectivity index (χ0) is 22.4. The summed E-state index contributed by atoms with van der Waals surface area (Å²) in [5, 5.41) is 12.0. The molecule has 0 atom stereocenters. The Labute approximate surface area is 179 Å². The second-order valence-electron chi connectivity index (χ2n) is 6.59. The molecule has 2 heterocycles. The zero-order valence-electron chi connectivity index (χ0n) is 16.7. The van der Waals surface area contributed by atoms with Gasteiger partial charge in [0.2, 0.25) is 10.0 Å². The van der Waals surface area contributed by atoms with E-state index in [4.69, 9.17) is 9.84 Å². The molecule has 0 aliphatic carbocycles. The van der Waals surface area contributed by atoms with Gasteiger partial charge in [0.15, 0.2) is 0 Å². The van der Waals surface area contributed by atoms with E-state index in [1.807, 2.05) is 0 Å². The van der Waals surface area contributed by atoms with Crippen molar-refractivity contribution in [1.82, 2.24) is 14.6 Å². The molecule has 0 saturated heterocycles. The van der Waals surface area contributed by atoms with Crippen molar-refractivity contribution >= 4 is 27.6 Å². The number of aliphatic hydroxyl groups excluding tert-OH is 1. The molecule has 0 unspecified atom stereocenters. The molecule has 31 heavy (non-hydrogen) atoms. The number of carbonyl (C=O) groups excluding carboxylic acids is 2. The van der Waals surface area contributed by atoms with Gasteiger partial charge in [-0.3, -0.25) is 9.78 Å². The topological polar surface area (TPSA) is 138 Å². The first-order chi connectivity index (χ1) is 14.9. The Kier molecular flexibility index (Phi) is 7.00. The molecule has 0 saturated carbocycles. The van der Waals surface area contributed by atoms with E-state index in [0.29, 0.717) is 11.4 Å². The van der Waals surface area contributed by atoms with E-state index in [9.17, 15) is 18.0 Å². The Morgan fingerprint density at radius 3 is 2.58 bits per heavy atom. The van der Waals surface area contributed by atoms with Crippen LogP contribution in [0, 0.1) is 0 Å². The van der Waals surface area contributed by atoms with Crippen LogP contribution >= 0.6 is 0 Å². The third-order valence-corrected chi connectivity index (χ3v) is 5.97. The van der Waals surface area contributed by atoms with Gasteiger partial charge in [-0.15, -0.1) is 0 Å². The van der Waals surface area contributed by atoms with Gasteiger partial charge in [0.1, 0.15) is 5.70 Å². The molecule has 1 aromatic carbocycles. The first kappa shape index (κ1) is 22.4. The highest BCUT2D eigenvalue weighted by molar-refractivity contribution is 7.89. The lowest BCUT2D eigenvalue weighted by Crippen LogP contribution is -2.31. The van der Waals surface area contributed by atoms with Crippen molar-refractivity contribution in [3.63, 3.8) is 0 Å². The van der Waals surface area contributed by atoms with Crippen LogP contribution in [0.5, 0.6) is 0 Å². The summed E-state index contributed by atoms with van der Waals surface area (Å²) in [6, 6.07) is 10.9. The third-order valence-electron chi connectivity index (χ3n) is 4.56. The van der Waals surface area contributed by atoms with E-state index in [0.717, 1.165) is 0 Å². The summed E-state index contributed by atoms with van der Waals surface area (Å²) in [5.41, 5.74) is 1.16. The van der Waals surface area contributed by atoms with Crippen molar-refractivity contribution in [2.24, 2.45) is 0 Å². The van der Waals surface area contributed by atoms with E-state index in [-0.39, 0.29) is 42.4 Å². The minimum atomic E-state index is -3.76. The number of rotatable bonds is 9. The molecule has 0 bridgehead atoms. The van der Waals surface area contributed by atoms with Crippen LogP contribution in [0.2, 0.25) is 0 Å². The quantitative estimate of drug-likeness (QED) is 0.466. The van der Waals surface area contributed by atoms with Crippen molar-refractivity contribution < 1.29 is 27.9 Å². The predicted octanol–water partition coefficient (Wildman–Crippen LogP) is 0.234. The van der Waals surface area contributed by atoms with E-state index >= 15 is 0 Å². The Hall–Kier alpha value is -3.28. The van der Waals surface area contributed by atoms with Crippen LogP contribution in [0.25, 0.3) is 0 Å². The normalized spacial score (nSPS) is 14.1. The van der Waals surface area contributed by atoms with Gasteiger partial charge < -0.3 is 20.1 Å². The van der Waals surface area contributed by atoms with Crippen LogP contribution in [0.1, 0.15) is 5.69 Å². The standard InChI is InChI=1S/C20H22N4O6S/c1-30-20(27)17-13-24(10-11-25)19(26)18(17)23-14-5-7-16(8-6-14)31(28,29)22-12-15-4-2-3-9-21-15/h2-9,22-23,25H,10-13H2,1H3. The molecule has 10 nitrogen and oxygen atoms in total. The summed E-state index contributed by atoms with van der Waals surface area (Å²) < 4.78 is 32.2. The molecule has 0 radical (unpaired) electrons. The van der Waals surface area contributed by atoms with Crippen LogP contribution in [0.3, 0.4) is 0 Å². The lowest BCUT2D eigenvalue weighted by molar-refractivity contribution is -0.136. The van der Waals surface area contributed by atoms with Gasteiger partial charge >= 0.3 is 5.97 Å². The summed E-state index contributed by atoms with van der Waals surface area (Å²) in [6.07, 6.45) is 1.58. The maximum Gasteiger partial charge on any atom is 0.337 e. The first-order valence-electron chi connectivity index (χ1n) is 9.34. The van der Waals surface area contributed by atoms with Crippen LogP contribution in [0.4, 0.5) is 5.69 Å². The highest BCUT2D eigenvalue weighted by Gasteiger charge is 2.34. The van der Waals surface area contributed by atoms with Crippen LogP contribution in [-0.2, 0) is 30.9 Å². The van der Waals surface area contributed by atoms with Crippen molar-refractivity contribution in [3.8, 4) is 0 Å². The Morgan fingerprint density at radius 1 is 1.23 bits per heavy atom. The largest absolute Gasteiger partial charge is 0.466 e. The van der Waals surface area contributed by atoms with Crippen molar-refractivity contribution in [1.29, 1.82) is 0 Å². The van der Waals surface area contributed by atoms with Gasteiger partial charge in [0.25, 0.3) is 5.91 Å². The number of aliphatic hydroxyl groups is 1. The van der Waals surface area contributed by atoms with Gasteiger partial charge in [-0.05, 0) is 36.4 Å². The average molecular weight is 446 g/mol. The number of sulfonamides is 1. The van der Waals surface area contributed by atoms with Gasteiger partial charge in [0.05, 0.1) is 43.0 Å². The van der Waals surface area contributed by atoms with Gasteiger partial charge in [-0.2, -0.15) is 0 Å². The molecule has 0 spiro atoms. The third kappa shape index (κ3) is 5.26. The number of anilines is 1. The number of esters is 1. The SMILES string of the molecule is COC(=O)C1=C(Nc2ccc(S(=O)(=O)NCc3ccccn3)cc2)C(=O)N(CCO)C1. The highest BCUT2D eigenvalue weighted by Crippen LogP contribution is 2.23. The number of benzene rings is 1. The van der Waals surface area contributed by atoms with Crippen molar-refractivity contribution in [2.75, 3.05) is 32.1 Å². The summed E-state index contributed by atoms with van der Waals surface area (Å²) >= 11 is 0. The molecule has 1 amide bonds. The molecular weight excluding hydrogens is 424 g/mol. The fourth-order valence-corrected chi connectivity index (χ4v) is 3.96. The molecule has 11 heteroatoms. The fraction of sp³-hybridized carbons (Fsp3) is 0.250. The molecule has 3 N–H and O–H groups in total. The number of hydrogen-bond acceptors (Lipinski definition) is 8. The Morgan fingerprint density at radius 2 is 1.97 bits per heavy atom. The van der Waals surface area contributed by atoms with E-state index < -0.39 is 21.9 Å². The monoisotopic (exact) mass is 446 g/mol. The number of hydrogen-bond donors (Lipinski definition) is 3. The molecule has 2 aromatic rings. The lowest BCUT2D eigenvalue weighted by Gasteiger charge is -2.15. The molecule has 164 valence electrons. The maximum absolute atomic E-state index is 12.6. The number of amides is 1. The zero-order valence-corrected chi connectivity index (χ0v) is 17.6. The fourth-order valence-electron chi connectivity index (χ4n) is 2.97. The van der Waals surface area contributed by atoms with Crippen molar-refractivity contribution in [2.45, 2.75) is 11.4 Å². The second-order valence-corrected chi connectivity index (χ2v) is 8.36. The number of carbonyl (C=O) groups is 2. The van der Waals surface area contributed by atoms with Gasteiger partial charge in [-0.25, -0.2) is 17.9 Å². The molecule has 3 rings (SSSR count). The minimum absolute atomic E-state index is 0.0122. The Balaban J connectivity index is 1.74. The van der Waals surface area contributed by atoms with E-state index in [2.05, 4.69) is 15.0 Å². The van der Waals surface area contributed by atoms with E-state index in [1.54, 1.807) is 24.4 Å². The van der Waals surface area contributed by atoms with Gasteiger partial charge in [-0.1, -0.05) is 6.07 Å². The summed E-state index contributed by atoms with van der Waals surface area (Å²) in [6.45, 7) is -0.110. The highest BCUT2D eigenvalue weighted by atomic mass is 32.2. The first-order valence-corrected chi connectivity index (χ1v) is 10.8. The summed E-state index contributed by atoms with van der Waals surface area (Å²) in [7, 11) is -2.55. The Bertz CT molecular complexity index is 1080. The van der Waals surface area contributed by atoms with Crippen LogP contribution < -0.4 is 10.0 Å². The van der Waals surface area contributed by atoms with Crippen molar-refractivity contribution in [3.05, 3.63) is 65.6 Å². The number of pyridine rings is 1. The number of methoxy groups -OCH3 is 1. The number of aromatic nitrogens is 1. The molecule has 1 aliphatic heterocycles. The summed E-state index contributed by atoms with van der Waals surface area (Å²) in [4.78, 5) is 30.0. The minimum Gasteiger partial charge on any atom is -0.466 e. The average Bonchev–Trinajstić information content (AvgIpc) is 3.08. The summed E-state index contributed by atoms with van der Waals surface area (Å²) in [5.74, 6) is -1.11. The smallest absolute Gasteiger partial charge is 0.337 e. The number of ether oxygens (including phenoxy) is 1. The molecule has 1 aliphatic rings.